The topological polar surface area (TPSA) is 79.9 Å². The summed E-state index contributed by atoms with van der Waals surface area (Å²) in [7, 11) is 1.34. The minimum atomic E-state index is -0.412. The molecule has 6 heteroatoms. The number of hydrogen-bond donors (Lipinski definition) is 2. The summed E-state index contributed by atoms with van der Waals surface area (Å²) in [5, 5.41) is 3.05. The Bertz CT molecular complexity index is 496. The van der Waals surface area contributed by atoms with E-state index in [4.69, 9.17) is 0 Å². The third kappa shape index (κ3) is 2.60. The summed E-state index contributed by atoms with van der Waals surface area (Å²) < 4.78 is 4.67. The van der Waals surface area contributed by atoms with Gasteiger partial charge in [0, 0.05) is 12.4 Å². The molecule has 0 aromatic carbocycles. The van der Waals surface area contributed by atoms with Crippen molar-refractivity contribution in [3.63, 3.8) is 0 Å². The molecule has 2 aromatic heterocycles. The van der Waals surface area contributed by atoms with Crippen molar-refractivity contribution in [2.24, 2.45) is 0 Å². The first-order valence-electron chi connectivity index (χ1n) is 5.05. The van der Waals surface area contributed by atoms with Crippen LogP contribution in [0, 0.1) is 0 Å². The summed E-state index contributed by atoms with van der Waals surface area (Å²) in [5.41, 5.74) is 1.32. The second kappa shape index (κ2) is 5.11. The number of carbonyl (C=O) groups excluding carboxylic acids is 1. The van der Waals surface area contributed by atoms with Crippen LogP contribution in [0.2, 0.25) is 0 Å². The minimum absolute atomic E-state index is 0.412. The van der Waals surface area contributed by atoms with Gasteiger partial charge in [-0.1, -0.05) is 0 Å². The molecule has 2 heterocycles. The van der Waals surface area contributed by atoms with Crippen LogP contribution in [0.5, 0.6) is 0 Å². The highest BCUT2D eigenvalue weighted by molar-refractivity contribution is 5.94. The molecule has 0 aliphatic rings. The van der Waals surface area contributed by atoms with Gasteiger partial charge in [-0.25, -0.2) is 14.8 Å². The summed E-state index contributed by atoms with van der Waals surface area (Å²) in [6.45, 7) is 0.515. The Labute approximate surface area is 98.1 Å². The first kappa shape index (κ1) is 11.1. The predicted octanol–water partition coefficient (Wildman–Crippen LogP) is 1.20. The Morgan fingerprint density at radius 2 is 2.47 bits per heavy atom. The Kier molecular flexibility index (Phi) is 3.34. The average molecular weight is 232 g/mol. The lowest BCUT2D eigenvalue weighted by molar-refractivity contribution is 0.0601. The lowest BCUT2D eigenvalue weighted by Crippen LogP contribution is -2.09. The molecule has 2 N–H and O–H groups in total. The van der Waals surface area contributed by atoms with Crippen LogP contribution < -0.4 is 5.32 Å². The number of hydrogen-bond acceptors (Lipinski definition) is 5. The maximum absolute atomic E-state index is 11.5. The van der Waals surface area contributed by atoms with E-state index in [1.54, 1.807) is 30.9 Å². The molecule has 0 amide bonds. The zero-order valence-corrected chi connectivity index (χ0v) is 9.30. The molecule has 2 rings (SSSR count). The largest absolute Gasteiger partial charge is 0.465 e. The summed E-state index contributed by atoms with van der Waals surface area (Å²) in [6, 6.07) is 3.35. The number of H-pyrrole nitrogens is 1. The van der Waals surface area contributed by atoms with E-state index in [9.17, 15) is 4.79 Å². The zero-order chi connectivity index (χ0) is 12.1. The normalized spacial score (nSPS) is 9.94. The van der Waals surface area contributed by atoms with Gasteiger partial charge in [0.2, 0.25) is 0 Å². The van der Waals surface area contributed by atoms with Crippen LogP contribution in [0.15, 0.2) is 30.9 Å². The molecule has 0 radical (unpaired) electrons. The van der Waals surface area contributed by atoms with E-state index in [0.717, 1.165) is 5.69 Å². The van der Waals surface area contributed by atoms with E-state index < -0.39 is 5.97 Å². The first-order chi connectivity index (χ1) is 8.31. The molecule has 0 saturated carbocycles. The number of esters is 1. The Hall–Kier alpha value is -2.37. The molecule has 17 heavy (non-hydrogen) atoms. The standard InChI is InChI=1S/C11H12N4O2/c1-17-11(16)9-3-2-4-13-10(9)14-6-8-5-12-7-15-8/h2-5,7H,6H2,1H3,(H,12,15)(H,13,14). The first-order valence-corrected chi connectivity index (χ1v) is 5.05. The Morgan fingerprint density at radius 1 is 1.59 bits per heavy atom. The van der Waals surface area contributed by atoms with E-state index >= 15 is 0 Å². The average Bonchev–Trinajstić information content (AvgIpc) is 2.89. The van der Waals surface area contributed by atoms with Crippen molar-refractivity contribution < 1.29 is 9.53 Å². The SMILES string of the molecule is COC(=O)c1cccnc1NCc1cnc[nH]1. The van der Waals surface area contributed by atoms with Crippen LogP contribution in [0.1, 0.15) is 16.1 Å². The molecule has 0 aliphatic carbocycles. The second-order valence-corrected chi connectivity index (χ2v) is 3.32. The molecule has 0 atom stereocenters. The van der Waals surface area contributed by atoms with Gasteiger partial charge in [0.05, 0.1) is 25.7 Å². The van der Waals surface area contributed by atoms with Crippen LogP contribution in [0.3, 0.4) is 0 Å². The summed E-state index contributed by atoms with van der Waals surface area (Å²) in [4.78, 5) is 22.4. The van der Waals surface area contributed by atoms with Gasteiger partial charge < -0.3 is 15.0 Å². The van der Waals surface area contributed by atoms with E-state index in [-0.39, 0.29) is 0 Å². The van der Waals surface area contributed by atoms with Gasteiger partial charge >= 0.3 is 5.97 Å². The molecule has 0 saturated heterocycles. The van der Waals surface area contributed by atoms with E-state index in [1.165, 1.54) is 7.11 Å². The molecule has 0 unspecified atom stereocenters. The summed E-state index contributed by atoms with van der Waals surface area (Å²) in [5.74, 6) is 0.0826. The number of carbonyl (C=O) groups is 1. The summed E-state index contributed by atoms with van der Waals surface area (Å²) >= 11 is 0. The maximum atomic E-state index is 11.5. The number of nitrogens with one attached hydrogen (secondary N) is 2. The van der Waals surface area contributed by atoms with Crippen LogP contribution >= 0.6 is 0 Å². The number of rotatable bonds is 4. The van der Waals surface area contributed by atoms with Gasteiger partial charge in [-0.3, -0.25) is 0 Å². The smallest absolute Gasteiger partial charge is 0.341 e. The van der Waals surface area contributed by atoms with Gasteiger partial charge in [-0.15, -0.1) is 0 Å². The van der Waals surface area contributed by atoms with Crippen LogP contribution in [0.4, 0.5) is 5.82 Å². The number of imidazole rings is 1. The van der Waals surface area contributed by atoms with Crippen molar-refractivity contribution in [3.05, 3.63) is 42.1 Å². The van der Waals surface area contributed by atoms with Gasteiger partial charge in [-0.05, 0) is 12.1 Å². The van der Waals surface area contributed by atoms with E-state index in [2.05, 4.69) is 25.0 Å². The highest BCUT2D eigenvalue weighted by atomic mass is 16.5. The molecule has 2 aromatic rings. The van der Waals surface area contributed by atoms with Crippen molar-refractivity contribution in [2.75, 3.05) is 12.4 Å². The van der Waals surface area contributed by atoms with Crippen molar-refractivity contribution in [1.82, 2.24) is 15.0 Å². The molecule has 0 bridgehead atoms. The van der Waals surface area contributed by atoms with Crippen LogP contribution in [-0.4, -0.2) is 28.0 Å². The third-order valence-electron chi connectivity index (χ3n) is 2.21. The highest BCUT2D eigenvalue weighted by Crippen LogP contribution is 2.13. The Balaban J connectivity index is 2.12. The lowest BCUT2D eigenvalue weighted by Gasteiger charge is -2.08. The molecule has 88 valence electrons. The maximum Gasteiger partial charge on any atom is 0.341 e. The fraction of sp³-hybridized carbons (Fsp3) is 0.182. The quantitative estimate of drug-likeness (QED) is 0.774. The van der Waals surface area contributed by atoms with Crippen LogP contribution in [-0.2, 0) is 11.3 Å². The van der Waals surface area contributed by atoms with Crippen LogP contribution in [0.25, 0.3) is 0 Å². The number of ether oxygens (including phenoxy) is 1. The number of methoxy groups -OCH3 is 1. The number of nitrogens with zero attached hydrogens (tertiary/aromatic N) is 2. The number of anilines is 1. The number of pyridine rings is 1. The van der Waals surface area contributed by atoms with Crippen molar-refractivity contribution in [3.8, 4) is 0 Å². The zero-order valence-electron chi connectivity index (χ0n) is 9.30. The minimum Gasteiger partial charge on any atom is -0.465 e. The third-order valence-corrected chi connectivity index (χ3v) is 2.21. The van der Waals surface area contributed by atoms with Gasteiger partial charge in [0.25, 0.3) is 0 Å². The molecule has 6 nitrogen and oxygen atoms in total. The number of aromatic nitrogens is 3. The molecule has 0 spiro atoms. The Morgan fingerprint density at radius 3 is 3.18 bits per heavy atom. The van der Waals surface area contributed by atoms with Gasteiger partial charge in [0.15, 0.2) is 0 Å². The van der Waals surface area contributed by atoms with Crippen molar-refractivity contribution in [1.29, 1.82) is 0 Å². The second-order valence-electron chi connectivity index (χ2n) is 3.32. The van der Waals surface area contributed by atoms with Gasteiger partial charge in [0.1, 0.15) is 11.4 Å². The fourth-order valence-electron chi connectivity index (χ4n) is 1.38. The molecule has 0 fully saturated rings. The lowest BCUT2D eigenvalue weighted by atomic mass is 10.2. The predicted molar refractivity (Wildman–Crippen MR) is 61.5 cm³/mol. The molecule has 0 aliphatic heterocycles. The highest BCUT2D eigenvalue weighted by Gasteiger charge is 2.11. The molecular formula is C11H12N4O2. The monoisotopic (exact) mass is 232 g/mol. The van der Waals surface area contributed by atoms with Crippen molar-refractivity contribution >= 4 is 11.8 Å². The van der Waals surface area contributed by atoms with Gasteiger partial charge in [-0.2, -0.15) is 0 Å². The fourth-order valence-corrected chi connectivity index (χ4v) is 1.38. The number of aromatic amines is 1. The van der Waals surface area contributed by atoms with E-state index in [0.29, 0.717) is 17.9 Å². The van der Waals surface area contributed by atoms with E-state index in [1.807, 2.05) is 0 Å². The van der Waals surface area contributed by atoms with Crippen molar-refractivity contribution in [2.45, 2.75) is 6.54 Å². The molecular weight excluding hydrogens is 220 g/mol. The summed E-state index contributed by atoms with van der Waals surface area (Å²) in [6.07, 6.45) is 4.91.